The molecule has 0 spiro atoms. The standard InChI is InChI=1S/C32H27BrN2O3/c1-37-22-9-11-23-20(15-22)7-10-24-28(23)30-26(17-34-32(30)36)29-25-16-21(33)8-12-27(25)35(31(24)29)13-14-38-18-19-5-3-2-4-6-19/h2-6,8-9,11-12,15-16H,7,10,13-14,17-18H2,1H3,(H,34,36). The van der Waals surface area contributed by atoms with Crippen molar-refractivity contribution < 1.29 is 14.3 Å². The van der Waals surface area contributed by atoms with Gasteiger partial charge in [0.15, 0.2) is 0 Å². The van der Waals surface area contributed by atoms with Gasteiger partial charge in [-0.1, -0.05) is 52.3 Å². The molecule has 190 valence electrons. The molecule has 0 saturated carbocycles. The second-order valence-corrected chi connectivity index (χ2v) is 10.9. The lowest BCUT2D eigenvalue weighted by molar-refractivity contribution is 0.0966. The first-order valence-electron chi connectivity index (χ1n) is 13.0. The third kappa shape index (κ3) is 3.66. The van der Waals surface area contributed by atoms with E-state index in [1.165, 1.54) is 38.5 Å². The molecule has 0 radical (unpaired) electrons. The topological polar surface area (TPSA) is 52.5 Å². The van der Waals surface area contributed by atoms with Gasteiger partial charge in [-0.2, -0.15) is 0 Å². The highest BCUT2D eigenvalue weighted by Gasteiger charge is 2.34. The summed E-state index contributed by atoms with van der Waals surface area (Å²) in [4.78, 5) is 13.3. The lowest BCUT2D eigenvalue weighted by Gasteiger charge is -2.25. The van der Waals surface area contributed by atoms with E-state index in [0.717, 1.165) is 51.9 Å². The van der Waals surface area contributed by atoms with Gasteiger partial charge in [0.25, 0.3) is 5.91 Å². The van der Waals surface area contributed by atoms with Crippen molar-refractivity contribution in [3.8, 4) is 16.9 Å². The van der Waals surface area contributed by atoms with Gasteiger partial charge in [0.2, 0.25) is 0 Å². The summed E-state index contributed by atoms with van der Waals surface area (Å²) in [6, 6.07) is 23.0. The second kappa shape index (κ2) is 9.29. The Hall–Kier alpha value is -3.61. The molecule has 2 heterocycles. The number of nitrogens with one attached hydrogen (secondary N) is 1. The normalized spacial score (nSPS) is 13.9. The van der Waals surface area contributed by atoms with E-state index < -0.39 is 0 Å². The van der Waals surface area contributed by atoms with E-state index in [2.05, 4.69) is 68.3 Å². The van der Waals surface area contributed by atoms with Crippen LogP contribution in [0.1, 0.15) is 32.6 Å². The highest BCUT2D eigenvalue weighted by molar-refractivity contribution is 9.10. The van der Waals surface area contributed by atoms with E-state index in [4.69, 9.17) is 9.47 Å². The van der Waals surface area contributed by atoms with Gasteiger partial charge < -0.3 is 19.4 Å². The molecule has 1 aliphatic heterocycles. The van der Waals surface area contributed by atoms with Crippen LogP contribution < -0.4 is 10.1 Å². The maximum atomic E-state index is 13.3. The van der Waals surface area contributed by atoms with Crippen molar-refractivity contribution in [1.82, 2.24) is 9.88 Å². The number of ether oxygens (including phenoxy) is 2. The smallest absolute Gasteiger partial charge is 0.252 e. The van der Waals surface area contributed by atoms with Crippen LogP contribution in [0.3, 0.4) is 0 Å². The van der Waals surface area contributed by atoms with Gasteiger partial charge in [-0.15, -0.1) is 0 Å². The number of methoxy groups -OCH3 is 1. The second-order valence-electron chi connectivity index (χ2n) is 9.99. The molecule has 4 aromatic carbocycles. The van der Waals surface area contributed by atoms with Gasteiger partial charge in [0.1, 0.15) is 5.75 Å². The Balaban J connectivity index is 1.43. The number of aromatic nitrogens is 1. The van der Waals surface area contributed by atoms with Crippen molar-refractivity contribution in [3.05, 3.63) is 99.0 Å². The zero-order valence-corrected chi connectivity index (χ0v) is 22.7. The molecule has 5 nitrogen and oxygen atoms in total. The summed E-state index contributed by atoms with van der Waals surface area (Å²) in [5.74, 6) is 0.868. The summed E-state index contributed by atoms with van der Waals surface area (Å²) in [5.41, 5.74) is 10.2. The number of carbonyl (C=O) groups excluding carboxylic acids is 1. The van der Waals surface area contributed by atoms with Crippen LogP contribution in [0.25, 0.3) is 32.9 Å². The summed E-state index contributed by atoms with van der Waals surface area (Å²) in [5, 5.41) is 5.49. The van der Waals surface area contributed by atoms with E-state index in [1.54, 1.807) is 7.11 Å². The first-order chi connectivity index (χ1) is 18.6. The zero-order valence-electron chi connectivity index (χ0n) is 21.1. The molecule has 0 fully saturated rings. The molecule has 1 amide bonds. The largest absolute Gasteiger partial charge is 0.497 e. The number of nitrogens with zero attached hydrogens (tertiary/aromatic N) is 1. The number of aryl methyl sites for hydroxylation is 2. The average Bonchev–Trinajstić information content (AvgIpc) is 3.48. The fourth-order valence-electron chi connectivity index (χ4n) is 6.28. The SMILES string of the molecule is COc1ccc2c(c1)CCc1c-2c2c(c3c4cc(Br)ccc4n(CCOCc4ccccc4)c13)CNC2=O. The number of amides is 1. The number of halogens is 1. The van der Waals surface area contributed by atoms with E-state index in [1.807, 2.05) is 24.3 Å². The Labute approximate surface area is 229 Å². The predicted octanol–water partition coefficient (Wildman–Crippen LogP) is 6.79. The molecule has 38 heavy (non-hydrogen) atoms. The lowest BCUT2D eigenvalue weighted by Crippen LogP contribution is -2.16. The van der Waals surface area contributed by atoms with Gasteiger partial charge in [0.05, 0.1) is 31.4 Å². The third-order valence-electron chi connectivity index (χ3n) is 7.92. The quantitative estimate of drug-likeness (QED) is 0.230. The Morgan fingerprint density at radius 2 is 1.84 bits per heavy atom. The molecular formula is C32H27BrN2O3. The summed E-state index contributed by atoms with van der Waals surface area (Å²) in [6.45, 7) is 2.46. The predicted molar refractivity (Wildman–Crippen MR) is 154 cm³/mol. The number of fused-ring (bicyclic) bond motifs is 10. The van der Waals surface area contributed by atoms with Gasteiger partial charge in [-0.25, -0.2) is 0 Å². The number of hydrogen-bond acceptors (Lipinski definition) is 3. The van der Waals surface area contributed by atoms with Crippen molar-refractivity contribution in [3.63, 3.8) is 0 Å². The monoisotopic (exact) mass is 566 g/mol. The third-order valence-corrected chi connectivity index (χ3v) is 8.41. The van der Waals surface area contributed by atoms with Crippen molar-refractivity contribution in [2.75, 3.05) is 13.7 Å². The van der Waals surface area contributed by atoms with Crippen molar-refractivity contribution >= 4 is 43.6 Å². The van der Waals surface area contributed by atoms with E-state index >= 15 is 0 Å². The van der Waals surface area contributed by atoms with Crippen molar-refractivity contribution in [2.24, 2.45) is 0 Å². The van der Waals surface area contributed by atoms with Crippen LogP contribution in [0.5, 0.6) is 5.75 Å². The molecule has 0 bridgehead atoms. The van der Waals surface area contributed by atoms with Crippen LogP contribution in [-0.2, 0) is 37.3 Å². The molecule has 0 saturated heterocycles. The number of hydrogen-bond donors (Lipinski definition) is 1. The van der Waals surface area contributed by atoms with Crippen molar-refractivity contribution in [1.29, 1.82) is 0 Å². The van der Waals surface area contributed by atoms with Gasteiger partial charge in [-0.3, -0.25) is 4.79 Å². The highest BCUT2D eigenvalue weighted by Crippen LogP contribution is 2.47. The maximum absolute atomic E-state index is 13.3. The zero-order chi connectivity index (χ0) is 25.8. The average molecular weight is 567 g/mol. The number of carbonyl (C=O) groups is 1. The Kier molecular flexibility index (Phi) is 5.75. The summed E-state index contributed by atoms with van der Waals surface area (Å²) < 4.78 is 15.1. The van der Waals surface area contributed by atoms with Crippen LogP contribution in [0, 0.1) is 0 Å². The van der Waals surface area contributed by atoms with Crippen LogP contribution in [0.4, 0.5) is 0 Å². The summed E-state index contributed by atoms with van der Waals surface area (Å²) >= 11 is 3.69. The van der Waals surface area contributed by atoms with Crippen LogP contribution in [0.2, 0.25) is 0 Å². The maximum Gasteiger partial charge on any atom is 0.252 e. The van der Waals surface area contributed by atoms with Crippen molar-refractivity contribution in [2.45, 2.75) is 32.5 Å². The molecule has 1 N–H and O–H groups in total. The fourth-order valence-corrected chi connectivity index (χ4v) is 6.64. The van der Waals surface area contributed by atoms with E-state index in [-0.39, 0.29) is 5.91 Å². The molecule has 5 aromatic rings. The molecule has 0 atom stereocenters. The molecule has 2 aliphatic rings. The Bertz CT molecular complexity index is 1740. The fraction of sp³-hybridized carbons (Fsp3) is 0.219. The number of rotatable bonds is 6. The molecule has 6 heteroatoms. The summed E-state index contributed by atoms with van der Waals surface area (Å²) in [6.07, 6.45) is 1.78. The molecule has 7 rings (SSSR count). The molecular weight excluding hydrogens is 540 g/mol. The van der Waals surface area contributed by atoms with Crippen LogP contribution in [-0.4, -0.2) is 24.2 Å². The first-order valence-corrected chi connectivity index (χ1v) is 13.8. The van der Waals surface area contributed by atoms with Gasteiger partial charge >= 0.3 is 0 Å². The van der Waals surface area contributed by atoms with Gasteiger partial charge in [0, 0.05) is 39.4 Å². The first kappa shape index (κ1) is 23.5. The minimum absolute atomic E-state index is 0.0175. The Morgan fingerprint density at radius 3 is 2.68 bits per heavy atom. The van der Waals surface area contributed by atoms with E-state index in [0.29, 0.717) is 19.8 Å². The Morgan fingerprint density at radius 1 is 0.974 bits per heavy atom. The summed E-state index contributed by atoms with van der Waals surface area (Å²) in [7, 11) is 1.70. The van der Waals surface area contributed by atoms with E-state index in [9.17, 15) is 4.79 Å². The molecule has 0 unspecified atom stereocenters. The minimum Gasteiger partial charge on any atom is -0.497 e. The van der Waals surface area contributed by atoms with Crippen LogP contribution in [0.15, 0.2) is 71.2 Å². The van der Waals surface area contributed by atoms with Gasteiger partial charge in [-0.05, 0) is 71.0 Å². The molecule has 1 aliphatic carbocycles. The number of benzene rings is 4. The lowest BCUT2D eigenvalue weighted by atomic mass is 9.80. The molecule has 1 aromatic heterocycles. The highest BCUT2D eigenvalue weighted by atomic mass is 79.9. The van der Waals surface area contributed by atoms with Crippen LogP contribution >= 0.6 is 15.9 Å². The minimum atomic E-state index is 0.0175.